The Kier molecular flexibility index (Phi) is 4.36. The van der Waals surface area contributed by atoms with Gasteiger partial charge in [0.25, 0.3) is 0 Å². The SMILES string of the molecule is CCCC(C)(N)C(=O)N1CCCC(C)C1C. The van der Waals surface area contributed by atoms with Crippen LogP contribution in [0.4, 0.5) is 0 Å². The molecule has 1 aliphatic rings. The number of amides is 1. The predicted molar refractivity (Wildman–Crippen MR) is 67.1 cm³/mol. The van der Waals surface area contributed by atoms with Crippen LogP contribution >= 0.6 is 0 Å². The summed E-state index contributed by atoms with van der Waals surface area (Å²) in [6.45, 7) is 9.17. The van der Waals surface area contributed by atoms with Crippen LogP contribution in [0.25, 0.3) is 0 Å². The first-order valence-electron chi connectivity index (χ1n) is 6.50. The van der Waals surface area contributed by atoms with Crippen LogP contribution in [0.3, 0.4) is 0 Å². The number of rotatable bonds is 3. The van der Waals surface area contributed by atoms with Gasteiger partial charge in [0.1, 0.15) is 0 Å². The lowest BCUT2D eigenvalue weighted by atomic mass is 9.88. The minimum atomic E-state index is -0.680. The van der Waals surface area contributed by atoms with Crippen molar-refractivity contribution in [3.8, 4) is 0 Å². The summed E-state index contributed by atoms with van der Waals surface area (Å²) >= 11 is 0. The van der Waals surface area contributed by atoms with Crippen LogP contribution in [-0.2, 0) is 4.79 Å². The summed E-state index contributed by atoms with van der Waals surface area (Å²) in [5.41, 5.74) is 5.44. The number of nitrogens with zero attached hydrogens (tertiary/aromatic N) is 1. The number of piperidine rings is 1. The van der Waals surface area contributed by atoms with E-state index < -0.39 is 5.54 Å². The van der Waals surface area contributed by atoms with Crippen molar-refractivity contribution >= 4 is 5.91 Å². The number of hydrogen-bond donors (Lipinski definition) is 1. The van der Waals surface area contributed by atoms with E-state index in [0.717, 1.165) is 25.8 Å². The quantitative estimate of drug-likeness (QED) is 0.801. The van der Waals surface area contributed by atoms with E-state index >= 15 is 0 Å². The predicted octanol–water partition coefficient (Wildman–Crippen LogP) is 2.15. The second-order valence-electron chi connectivity index (χ2n) is 5.53. The van der Waals surface area contributed by atoms with Crippen LogP contribution in [0.5, 0.6) is 0 Å². The molecule has 0 aromatic heterocycles. The maximum absolute atomic E-state index is 12.4. The van der Waals surface area contributed by atoms with Gasteiger partial charge in [-0.2, -0.15) is 0 Å². The highest BCUT2D eigenvalue weighted by molar-refractivity contribution is 5.86. The smallest absolute Gasteiger partial charge is 0.242 e. The van der Waals surface area contributed by atoms with Crippen molar-refractivity contribution in [1.82, 2.24) is 4.90 Å². The van der Waals surface area contributed by atoms with Gasteiger partial charge < -0.3 is 10.6 Å². The van der Waals surface area contributed by atoms with Gasteiger partial charge in [0.05, 0.1) is 5.54 Å². The third-order valence-electron chi connectivity index (χ3n) is 3.89. The molecule has 2 N–H and O–H groups in total. The highest BCUT2D eigenvalue weighted by atomic mass is 16.2. The third-order valence-corrected chi connectivity index (χ3v) is 3.89. The number of likely N-dealkylation sites (tertiary alicyclic amines) is 1. The number of carbonyl (C=O) groups excluding carboxylic acids is 1. The molecule has 1 saturated heterocycles. The second kappa shape index (κ2) is 5.17. The van der Waals surface area contributed by atoms with Crippen molar-refractivity contribution in [3.63, 3.8) is 0 Å². The van der Waals surface area contributed by atoms with Crippen molar-refractivity contribution in [1.29, 1.82) is 0 Å². The molecule has 0 radical (unpaired) electrons. The third kappa shape index (κ3) is 2.76. The first kappa shape index (κ1) is 13.5. The highest BCUT2D eigenvalue weighted by Crippen LogP contribution is 2.25. The summed E-state index contributed by atoms with van der Waals surface area (Å²) in [6.07, 6.45) is 4.05. The average Bonchev–Trinajstić information content (AvgIpc) is 2.21. The fraction of sp³-hybridized carbons (Fsp3) is 0.923. The van der Waals surface area contributed by atoms with Crippen LogP contribution in [0.15, 0.2) is 0 Å². The summed E-state index contributed by atoms with van der Waals surface area (Å²) in [5.74, 6) is 0.725. The zero-order valence-corrected chi connectivity index (χ0v) is 11.1. The van der Waals surface area contributed by atoms with Crippen molar-refractivity contribution in [2.45, 2.75) is 65.0 Å². The molecule has 1 amide bonds. The van der Waals surface area contributed by atoms with E-state index in [1.165, 1.54) is 6.42 Å². The fourth-order valence-corrected chi connectivity index (χ4v) is 2.58. The van der Waals surface area contributed by atoms with Gasteiger partial charge in [-0.05, 0) is 39.0 Å². The largest absolute Gasteiger partial charge is 0.338 e. The molecule has 1 heterocycles. The van der Waals surface area contributed by atoms with Crippen molar-refractivity contribution in [2.75, 3.05) is 6.54 Å². The van der Waals surface area contributed by atoms with Gasteiger partial charge in [-0.15, -0.1) is 0 Å². The van der Waals surface area contributed by atoms with Crippen molar-refractivity contribution in [3.05, 3.63) is 0 Å². The number of hydrogen-bond acceptors (Lipinski definition) is 2. The lowest BCUT2D eigenvalue weighted by Crippen LogP contribution is -2.58. The maximum Gasteiger partial charge on any atom is 0.242 e. The monoisotopic (exact) mass is 226 g/mol. The van der Waals surface area contributed by atoms with Crippen LogP contribution in [0, 0.1) is 5.92 Å². The standard InChI is InChI=1S/C13H26N2O/c1-5-8-13(4,14)12(16)15-9-6-7-10(2)11(15)3/h10-11H,5-9,14H2,1-4H3. The zero-order chi connectivity index (χ0) is 12.3. The van der Waals surface area contributed by atoms with E-state index in [2.05, 4.69) is 20.8 Å². The maximum atomic E-state index is 12.4. The second-order valence-corrected chi connectivity index (χ2v) is 5.53. The van der Waals surface area contributed by atoms with Crippen LogP contribution < -0.4 is 5.73 Å². The van der Waals surface area contributed by atoms with E-state index in [1.807, 2.05) is 11.8 Å². The Morgan fingerprint density at radius 3 is 2.69 bits per heavy atom. The molecule has 16 heavy (non-hydrogen) atoms. The molecule has 0 aromatic carbocycles. The Balaban J connectivity index is 2.72. The zero-order valence-electron chi connectivity index (χ0n) is 11.1. The van der Waals surface area contributed by atoms with Crippen LogP contribution in [0.1, 0.15) is 53.4 Å². The summed E-state index contributed by atoms with van der Waals surface area (Å²) in [4.78, 5) is 14.4. The molecule has 1 aliphatic heterocycles. The number of carbonyl (C=O) groups is 1. The summed E-state index contributed by atoms with van der Waals surface area (Å²) in [5, 5.41) is 0. The molecular formula is C13H26N2O. The molecule has 1 fully saturated rings. The van der Waals surface area contributed by atoms with E-state index in [9.17, 15) is 4.79 Å². The molecule has 0 spiro atoms. The Labute approximate surface area is 99.4 Å². The molecule has 0 aliphatic carbocycles. The molecule has 3 heteroatoms. The van der Waals surface area contributed by atoms with Crippen molar-refractivity contribution in [2.24, 2.45) is 11.7 Å². The summed E-state index contributed by atoms with van der Waals surface area (Å²) in [7, 11) is 0. The Hall–Kier alpha value is -0.570. The van der Waals surface area contributed by atoms with Gasteiger partial charge in [-0.25, -0.2) is 0 Å². The van der Waals surface area contributed by atoms with Gasteiger partial charge in [0, 0.05) is 12.6 Å². The van der Waals surface area contributed by atoms with Crippen LogP contribution in [-0.4, -0.2) is 28.9 Å². The van der Waals surface area contributed by atoms with Gasteiger partial charge >= 0.3 is 0 Å². The van der Waals surface area contributed by atoms with E-state index in [0.29, 0.717) is 12.0 Å². The first-order valence-corrected chi connectivity index (χ1v) is 6.50. The highest BCUT2D eigenvalue weighted by Gasteiger charge is 2.36. The van der Waals surface area contributed by atoms with E-state index in [-0.39, 0.29) is 5.91 Å². The minimum Gasteiger partial charge on any atom is -0.338 e. The van der Waals surface area contributed by atoms with Gasteiger partial charge in [-0.3, -0.25) is 4.79 Å². The molecule has 0 aromatic rings. The topological polar surface area (TPSA) is 46.3 Å². The molecule has 3 nitrogen and oxygen atoms in total. The molecule has 3 atom stereocenters. The molecule has 94 valence electrons. The number of nitrogens with two attached hydrogens (primary N) is 1. The van der Waals surface area contributed by atoms with Crippen LogP contribution in [0.2, 0.25) is 0 Å². The van der Waals surface area contributed by atoms with Gasteiger partial charge in [-0.1, -0.05) is 20.3 Å². The Bertz CT molecular complexity index is 250. The lowest BCUT2D eigenvalue weighted by Gasteiger charge is -2.41. The molecule has 0 saturated carbocycles. The van der Waals surface area contributed by atoms with Gasteiger partial charge in [0.2, 0.25) is 5.91 Å². The summed E-state index contributed by atoms with van der Waals surface area (Å²) < 4.78 is 0. The first-order chi connectivity index (χ1) is 7.40. The Morgan fingerprint density at radius 2 is 2.12 bits per heavy atom. The Morgan fingerprint density at radius 1 is 1.50 bits per heavy atom. The average molecular weight is 226 g/mol. The lowest BCUT2D eigenvalue weighted by molar-refractivity contribution is -0.141. The minimum absolute atomic E-state index is 0.133. The molecule has 3 unspecified atom stereocenters. The molecular weight excluding hydrogens is 200 g/mol. The van der Waals surface area contributed by atoms with Gasteiger partial charge in [0.15, 0.2) is 0 Å². The van der Waals surface area contributed by atoms with E-state index in [4.69, 9.17) is 5.73 Å². The van der Waals surface area contributed by atoms with Crippen molar-refractivity contribution < 1.29 is 4.79 Å². The van der Waals surface area contributed by atoms with E-state index in [1.54, 1.807) is 0 Å². The molecule has 1 rings (SSSR count). The normalized spacial score (nSPS) is 29.9. The fourth-order valence-electron chi connectivity index (χ4n) is 2.58. The summed E-state index contributed by atoms with van der Waals surface area (Å²) in [6, 6.07) is 0.334. The molecule has 0 bridgehead atoms.